The van der Waals surface area contributed by atoms with E-state index in [9.17, 15) is 21.6 Å². The number of hydrogen-bond acceptors (Lipinski definition) is 6. The van der Waals surface area contributed by atoms with E-state index in [0.29, 0.717) is 39.3 Å². The zero-order valence-electron chi connectivity index (χ0n) is 18.4. The third-order valence-electron chi connectivity index (χ3n) is 6.16. The second kappa shape index (κ2) is 9.53. The third-order valence-corrected chi connectivity index (χ3v) is 9.93. The van der Waals surface area contributed by atoms with E-state index in [-0.39, 0.29) is 36.2 Å². The summed E-state index contributed by atoms with van der Waals surface area (Å²) in [6.45, 7) is 8.76. The van der Waals surface area contributed by atoms with E-state index in [4.69, 9.17) is 0 Å². The van der Waals surface area contributed by atoms with Gasteiger partial charge in [0.2, 0.25) is 26.0 Å². The van der Waals surface area contributed by atoms with Gasteiger partial charge in [-0.05, 0) is 44.0 Å². The summed E-state index contributed by atoms with van der Waals surface area (Å²) in [6.07, 6.45) is 0. The Balaban J connectivity index is 1.51. The van der Waals surface area contributed by atoms with Gasteiger partial charge in [-0.25, -0.2) is 16.8 Å². The molecule has 174 valence electrons. The van der Waals surface area contributed by atoms with Crippen LogP contribution < -0.4 is 0 Å². The van der Waals surface area contributed by atoms with Crippen LogP contribution >= 0.6 is 0 Å². The van der Waals surface area contributed by atoms with Gasteiger partial charge in [0.25, 0.3) is 0 Å². The first-order chi connectivity index (χ1) is 14.5. The van der Waals surface area contributed by atoms with Crippen molar-refractivity contribution in [3.8, 4) is 0 Å². The molecule has 2 saturated heterocycles. The molecule has 0 atom stereocenters. The molecule has 11 heteroatoms. The van der Waals surface area contributed by atoms with Gasteiger partial charge in [-0.15, -0.1) is 0 Å². The Hall–Kier alpha value is -1.53. The second-order valence-corrected chi connectivity index (χ2v) is 12.3. The molecule has 0 radical (unpaired) electrons. The van der Waals surface area contributed by atoms with Gasteiger partial charge < -0.3 is 4.90 Å². The highest BCUT2D eigenvalue weighted by Crippen LogP contribution is 2.20. The molecule has 2 aliphatic rings. The molecule has 0 saturated carbocycles. The topological polar surface area (TPSA) is 98.3 Å². The van der Waals surface area contributed by atoms with Crippen molar-refractivity contribution in [2.45, 2.75) is 25.7 Å². The molecule has 1 aromatic carbocycles. The molecule has 1 aromatic rings. The van der Waals surface area contributed by atoms with E-state index in [1.165, 1.54) is 8.61 Å². The van der Waals surface area contributed by atoms with Crippen LogP contribution in [0.4, 0.5) is 0 Å². The van der Waals surface area contributed by atoms with Crippen LogP contribution in [0.25, 0.3) is 0 Å². The number of hydrogen-bond donors (Lipinski definition) is 0. The van der Waals surface area contributed by atoms with Crippen LogP contribution in [0.15, 0.2) is 23.1 Å². The summed E-state index contributed by atoms with van der Waals surface area (Å²) in [5, 5.41) is 0. The fourth-order valence-corrected chi connectivity index (χ4v) is 6.43. The van der Waals surface area contributed by atoms with E-state index < -0.39 is 20.0 Å². The molecular weight excluding hydrogens is 440 g/mol. The fraction of sp³-hybridized carbons (Fsp3) is 0.650. The summed E-state index contributed by atoms with van der Waals surface area (Å²) in [5.41, 5.74) is 1.98. The number of benzene rings is 1. The third kappa shape index (κ3) is 5.46. The Morgan fingerprint density at radius 2 is 1.42 bits per heavy atom. The lowest BCUT2D eigenvalue weighted by Crippen LogP contribution is -2.55. The summed E-state index contributed by atoms with van der Waals surface area (Å²) in [7, 11) is -6.77. The first kappa shape index (κ1) is 24.1. The fourth-order valence-electron chi connectivity index (χ4n) is 3.84. The van der Waals surface area contributed by atoms with E-state index in [0.717, 1.165) is 11.1 Å². The largest absolute Gasteiger partial charge is 0.339 e. The number of nitrogens with zero attached hydrogens (tertiary/aromatic N) is 4. The molecule has 0 unspecified atom stereocenters. The Bertz CT molecular complexity index is 1010. The summed E-state index contributed by atoms with van der Waals surface area (Å²) in [5.74, 6) is 0.0383. The highest BCUT2D eigenvalue weighted by atomic mass is 32.2. The average Bonchev–Trinajstić information content (AvgIpc) is 2.76. The van der Waals surface area contributed by atoms with E-state index >= 15 is 0 Å². The zero-order chi connectivity index (χ0) is 22.8. The quantitative estimate of drug-likeness (QED) is 0.583. The molecule has 3 rings (SSSR count). The lowest BCUT2D eigenvalue weighted by molar-refractivity contribution is -0.133. The molecule has 2 aliphatic heterocycles. The van der Waals surface area contributed by atoms with Gasteiger partial charge in [-0.1, -0.05) is 6.07 Å². The predicted octanol–water partition coefficient (Wildman–Crippen LogP) is 0.104. The zero-order valence-corrected chi connectivity index (χ0v) is 20.1. The van der Waals surface area contributed by atoms with Gasteiger partial charge in [0.05, 0.1) is 17.2 Å². The van der Waals surface area contributed by atoms with Gasteiger partial charge >= 0.3 is 0 Å². The van der Waals surface area contributed by atoms with Crippen LogP contribution in [0, 0.1) is 13.8 Å². The van der Waals surface area contributed by atoms with Crippen LogP contribution in [0.2, 0.25) is 0 Å². The Morgan fingerprint density at radius 1 is 0.839 bits per heavy atom. The molecule has 1 amide bonds. The van der Waals surface area contributed by atoms with E-state index in [2.05, 4.69) is 0 Å². The SMILES string of the molecule is CCS(=O)(=O)N1CCN(CC(=O)N2CCN(S(=O)(=O)c3ccc(C)c(C)c3)CC2)CC1. The van der Waals surface area contributed by atoms with Gasteiger partial charge in [-0.2, -0.15) is 8.61 Å². The molecule has 0 aromatic heterocycles. The minimum Gasteiger partial charge on any atom is -0.339 e. The van der Waals surface area contributed by atoms with Gasteiger partial charge in [-0.3, -0.25) is 9.69 Å². The molecule has 9 nitrogen and oxygen atoms in total. The number of piperazine rings is 2. The molecule has 2 fully saturated rings. The first-order valence-corrected chi connectivity index (χ1v) is 13.6. The molecule has 0 bridgehead atoms. The van der Waals surface area contributed by atoms with Crippen molar-refractivity contribution in [2.24, 2.45) is 0 Å². The number of sulfonamides is 2. The maximum Gasteiger partial charge on any atom is 0.243 e. The van der Waals surface area contributed by atoms with Crippen LogP contribution in [0.1, 0.15) is 18.1 Å². The summed E-state index contributed by atoms with van der Waals surface area (Å²) in [4.78, 5) is 16.6. The van der Waals surface area contributed by atoms with Gasteiger partial charge in [0.1, 0.15) is 0 Å². The highest BCUT2D eigenvalue weighted by Gasteiger charge is 2.32. The average molecular weight is 473 g/mol. The van der Waals surface area contributed by atoms with Crippen molar-refractivity contribution in [1.29, 1.82) is 0 Å². The minimum absolute atomic E-state index is 0.0463. The molecule has 0 N–H and O–H groups in total. The Labute approximate surface area is 185 Å². The maximum absolute atomic E-state index is 12.9. The highest BCUT2D eigenvalue weighted by molar-refractivity contribution is 7.89. The number of carbonyl (C=O) groups is 1. The smallest absolute Gasteiger partial charge is 0.243 e. The van der Waals surface area contributed by atoms with Crippen molar-refractivity contribution in [3.05, 3.63) is 29.3 Å². The van der Waals surface area contributed by atoms with E-state index in [1.54, 1.807) is 24.0 Å². The summed E-state index contributed by atoms with van der Waals surface area (Å²) < 4.78 is 52.7. The van der Waals surface area contributed by atoms with Crippen LogP contribution in [0.3, 0.4) is 0 Å². The van der Waals surface area contributed by atoms with Crippen molar-refractivity contribution < 1.29 is 21.6 Å². The van der Waals surface area contributed by atoms with Crippen LogP contribution in [-0.2, 0) is 24.8 Å². The summed E-state index contributed by atoms with van der Waals surface area (Å²) >= 11 is 0. The lowest BCUT2D eigenvalue weighted by atomic mass is 10.1. The number of aryl methyl sites for hydroxylation is 2. The van der Waals surface area contributed by atoms with Crippen molar-refractivity contribution in [2.75, 3.05) is 64.7 Å². The van der Waals surface area contributed by atoms with Crippen molar-refractivity contribution in [3.63, 3.8) is 0 Å². The van der Waals surface area contributed by atoms with Gasteiger partial charge in [0.15, 0.2) is 0 Å². The molecule has 2 heterocycles. The molecular formula is C20H32N4O5S2. The lowest BCUT2D eigenvalue weighted by Gasteiger charge is -2.37. The summed E-state index contributed by atoms with van der Waals surface area (Å²) in [6, 6.07) is 5.14. The molecule has 31 heavy (non-hydrogen) atoms. The number of rotatable bonds is 6. The first-order valence-electron chi connectivity index (χ1n) is 10.6. The van der Waals surface area contributed by atoms with Crippen molar-refractivity contribution in [1.82, 2.24) is 18.4 Å². The van der Waals surface area contributed by atoms with Gasteiger partial charge in [0, 0.05) is 52.4 Å². The number of carbonyl (C=O) groups excluding carboxylic acids is 1. The normalized spacial score (nSPS) is 20.2. The minimum atomic E-state index is -3.58. The monoisotopic (exact) mass is 472 g/mol. The maximum atomic E-state index is 12.9. The molecule has 0 spiro atoms. The van der Waals surface area contributed by atoms with Crippen LogP contribution in [-0.4, -0.2) is 106 Å². The van der Waals surface area contributed by atoms with Crippen molar-refractivity contribution >= 4 is 26.0 Å². The van der Waals surface area contributed by atoms with Crippen LogP contribution in [0.5, 0.6) is 0 Å². The Morgan fingerprint density at radius 3 is 1.97 bits per heavy atom. The van der Waals surface area contributed by atoms with E-state index in [1.807, 2.05) is 24.8 Å². The Kier molecular flexibility index (Phi) is 7.42. The molecule has 0 aliphatic carbocycles. The number of amides is 1. The standard InChI is InChI=1S/C20H32N4O5S2/c1-4-30(26,27)23-11-7-21(8-12-23)16-20(25)22-9-13-24(14-10-22)31(28,29)19-6-5-17(2)18(3)15-19/h5-6,15H,4,7-14,16H2,1-3H3. The second-order valence-electron chi connectivity index (χ2n) is 8.11. The predicted molar refractivity (Wildman–Crippen MR) is 119 cm³/mol.